The summed E-state index contributed by atoms with van der Waals surface area (Å²) in [4.78, 5) is 42.8. The van der Waals surface area contributed by atoms with E-state index in [1.165, 1.54) is 28.8 Å². The lowest BCUT2D eigenvalue weighted by Gasteiger charge is -2.38. The third kappa shape index (κ3) is 7.50. The number of alkyl halides is 6. The molecule has 0 fully saturated rings. The first-order valence-electron chi connectivity index (χ1n) is 14.8. The van der Waals surface area contributed by atoms with Crippen molar-refractivity contribution in [1.82, 2.24) is 20.0 Å². The molecule has 15 heteroatoms. The number of halogens is 7. The number of nitrogens with one attached hydrogen (secondary N) is 1. The molecule has 4 aromatic rings. The number of benzene rings is 3. The molecule has 0 saturated carbocycles. The maximum Gasteiger partial charge on any atom is 0.416 e. The van der Waals surface area contributed by atoms with Gasteiger partial charge in [0, 0.05) is 42.8 Å². The minimum atomic E-state index is -4.75. The number of para-hydroxylation sites is 1. The van der Waals surface area contributed by atoms with Gasteiger partial charge < -0.3 is 10.2 Å². The largest absolute Gasteiger partial charge is 0.416 e. The molecule has 5 rings (SSSR count). The fraction of sp³-hybridized carbons (Fsp3) is 0.235. The first-order valence-corrected chi connectivity index (χ1v) is 14.8. The van der Waals surface area contributed by atoms with Gasteiger partial charge in [0.15, 0.2) is 0 Å². The second-order valence-corrected chi connectivity index (χ2v) is 11.1. The summed E-state index contributed by atoms with van der Waals surface area (Å²) in [5, 5.41) is 7.28. The van der Waals surface area contributed by atoms with Crippen LogP contribution in [0.5, 0.6) is 0 Å². The molecule has 1 aliphatic heterocycles. The van der Waals surface area contributed by atoms with Crippen LogP contribution in [0.15, 0.2) is 91.0 Å². The summed E-state index contributed by atoms with van der Waals surface area (Å²) < 4.78 is 94.5. The SMILES string of the molecule is CCN1C(=O)C(NC(=O)c2cccc(C(F)(F)F)c2)C(c2ccc(F)cc2)c2c(CN(C)C(=O)/C=C/C(F)(F)F)nn(-c3ccccc3)c21. The van der Waals surface area contributed by atoms with Gasteiger partial charge in [-0.2, -0.15) is 31.4 Å². The van der Waals surface area contributed by atoms with Crippen molar-refractivity contribution in [2.45, 2.75) is 37.8 Å². The van der Waals surface area contributed by atoms with Crippen LogP contribution >= 0.6 is 0 Å². The summed E-state index contributed by atoms with van der Waals surface area (Å²) in [6.07, 6.45) is -9.34. The summed E-state index contributed by atoms with van der Waals surface area (Å²) in [5.74, 6) is -4.20. The highest BCUT2D eigenvalue weighted by atomic mass is 19.4. The predicted octanol–water partition coefficient (Wildman–Crippen LogP) is 6.40. The normalized spacial score (nSPS) is 16.5. The van der Waals surface area contributed by atoms with Gasteiger partial charge in [-0.3, -0.25) is 19.3 Å². The predicted molar refractivity (Wildman–Crippen MR) is 164 cm³/mol. The van der Waals surface area contributed by atoms with E-state index in [-0.39, 0.29) is 41.8 Å². The summed E-state index contributed by atoms with van der Waals surface area (Å²) in [7, 11) is 1.25. The van der Waals surface area contributed by atoms with Crippen LogP contribution in [0.2, 0.25) is 0 Å². The topological polar surface area (TPSA) is 87.5 Å². The van der Waals surface area contributed by atoms with Crippen LogP contribution < -0.4 is 10.2 Å². The summed E-state index contributed by atoms with van der Waals surface area (Å²) in [5.41, 5.74) is -0.260. The Bertz CT molecular complexity index is 1890. The van der Waals surface area contributed by atoms with Crippen molar-refractivity contribution in [2.75, 3.05) is 18.5 Å². The summed E-state index contributed by atoms with van der Waals surface area (Å²) in [6, 6.07) is 15.7. The van der Waals surface area contributed by atoms with E-state index in [1.807, 2.05) is 0 Å². The van der Waals surface area contributed by atoms with E-state index >= 15 is 0 Å². The maximum atomic E-state index is 14.3. The van der Waals surface area contributed by atoms with Gasteiger partial charge >= 0.3 is 12.4 Å². The Balaban J connectivity index is 1.69. The lowest BCUT2D eigenvalue weighted by molar-refractivity contribution is -0.137. The molecule has 1 aliphatic rings. The summed E-state index contributed by atoms with van der Waals surface area (Å²) in [6.45, 7) is 1.31. The van der Waals surface area contributed by atoms with Gasteiger partial charge in [-0.1, -0.05) is 36.4 Å². The molecule has 2 atom stereocenters. The highest BCUT2D eigenvalue weighted by molar-refractivity contribution is 6.05. The van der Waals surface area contributed by atoms with Crippen LogP contribution in [-0.2, 0) is 22.3 Å². The molecular formula is C34H28F7N5O3. The fourth-order valence-corrected chi connectivity index (χ4v) is 5.63. The molecule has 2 unspecified atom stereocenters. The first-order chi connectivity index (χ1) is 23.1. The Hall–Kier alpha value is -5.47. The van der Waals surface area contributed by atoms with E-state index in [0.29, 0.717) is 23.4 Å². The fourth-order valence-electron chi connectivity index (χ4n) is 5.63. The van der Waals surface area contributed by atoms with Gasteiger partial charge in [-0.15, -0.1) is 0 Å². The minimum absolute atomic E-state index is 0.0267. The van der Waals surface area contributed by atoms with Gasteiger partial charge in [0.25, 0.3) is 11.8 Å². The van der Waals surface area contributed by atoms with Crippen LogP contribution in [0.1, 0.15) is 45.6 Å². The molecule has 3 aromatic carbocycles. The van der Waals surface area contributed by atoms with Crippen LogP contribution in [0.3, 0.4) is 0 Å². The number of hydrogen-bond donors (Lipinski definition) is 1. The quantitative estimate of drug-likeness (QED) is 0.172. The van der Waals surface area contributed by atoms with Crippen molar-refractivity contribution in [3.8, 4) is 5.69 Å². The molecular weight excluding hydrogens is 659 g/mol. The Labute approximate surface area is 275 Å². The van der Waals surface area contributed by atoms with E-state index in [1.54, 1.807) is 37.3 Å². The van der Waals surface area contributed by atoms with E-state index in [9.17, 15) is 45.1 Å². The van der Waals surface area contributed by atoms with Crippen LogP contribution in [-0.4, -0.2) is 58.2 Å². The molecule has 3 amide bonds. The Morgan fingerprint density at radius 2 is 1.63 bits per heavy atom. The highest BCUT2D eigenvalue weighted by Crippen LogP contribution is 2.44. The first kappa shape index (κ1) is 34.9. The zero-order valence-corrected chi connectivity index (χ0v) is 25.9. The van der Waals surface area contributed by atoms with Gasteiger partial charge in [0.05, 0.1) is 23.5 Å². The lowest BCUT2D eigenvalue weighted by Crippen LogP contribution is -2.55. The van der Waals surface area contributed by atoms with E-state index in [2.05, 4.69) is 5.32 Å². The standard InChI is InChI=1S/C34H28F7N5O3/c1-3-45-31-28(25(43-46(31)24-10-5-4-6-11-24)19-44(2)26(47)16-17-33(36,37)38)27(20-12-14-23(35)15-13-20)29(32(45)49)42-30(48)21-8-7-9-22(18-21)34(39,40)41/h4-18,27,29H,3,19H2,1-2H3,(H,42,48)/b17-16+. The van der Waals surface area contributed by atoms with E-state index in [0.717, 1.165) is 35.2 Å². The zero-order valence-electron chi connectivity index (χ0n) is 25.9. The Morgan fingerprint density at radius 1 is 0.959 bits per heavy atom. The van der Waals surface area contributed by atoms with Gasteiger partial charge in [-0.25, -0.2) is 9.07 Å². The number of fused-ring (bicyclic) bond motifs is 1. The van der Waals surface area contributed by atoms with Crippen LogP contribution in [0.4, 0.5) is 36.6 Å². The van der Waals surface area contributed by atoms with Crippen molar-refractivity contribution < 1.29 is 45.1 Å². The lowest BCUT2D eigenvalue weighted by atomic mass is 9.80. The number of carbonyl (C=O) groups is 3. The molecule has 0 aliphatic carbocycles. The van der Waals surface area contributed by atoms with Crippen molar-refractivity contribution in [3.63, 3.8) is 0 Å². The van der Waals surface area contributed by atoms with Crippen molar-refractivity contribution >= 4 is 23.5 Å². The minimum Gasteiger partial charge on any atom is -0.339 e. The Kier molecular flexibility index (Phi) is 9.65. The molecule has 0 spiro atoms. The number of hydrogen-bond acceptors (Lipinski definition) is 4. The van der Waals surface area contributed by atoms with Crippen molar-refractivity contribution in [2.24, 2.45) is 0 Å². The monoisotopic (exact) mass is 687 g/mol. The molecule has 1 aromatic heterocycles. The highest BCUT2D eigenvalue weighted by Gasteiger charge is 2.46. The number of allylic oxidation sites excluding steroid dienone is 1. The van der Waals surface area contributed by atoms with Gasteiger partial charge in [-0.05, 0) is 55.0 Å². The Morgan fingerprint density at radius 3 is 2.24 bits per heavy atom. The van der Waals surface area contributed by atoms with Gasteiger partial charge in [0.2, 0.25) is 5.91 Å². The average Bonchev–Trinajstić information content (AvgIpc) is 3.42. The molecule has 0 bridgehead atoms. The second-order valence-electron chi connectivity index (χ2n) is 11.1. The van der Waals surface area contributed by atoms with E-state index < -0.39 is 53.4 Å². The van der Waals surface area contributed by atoms with Crippen LogP contribution in [0.25, 0.3) is 5.69 Å². The molecule has 0 radical (unpaired) electrons. The molecule has 2 heterocycles. The van der Waals surface area contributed by atoms with Crippen molar-refractivity contribution in [3.05, 3.63) is 125 Å². The number of anilines is 1. The number of nitrogens with zero attached hydrogens (tertiary/aromatic N) is 4. The number of likely N-dealkylation sites (N-methyl/N-ethyl adjacent to an activating group) is 2. The number of carbonyl (C=O) groups excluding carboxylic acids is 3. The van der Waals surface area contributed by atoms with E-state index in [4.69, 9.17) is 5.10 Å². The third-order valence-electron chi connectivity index (χ3n) is 7.87. The third-order valence-corrected chi connectivity index (χ3v) is 7.87. The molecule has 0 saturated heterocycles. The van der Waals surface area contributed by atoms with Gasteiger partial charge in [0.1, 0.15) is 17.7 Å². The smallest absolute Gasteiger partial charge is 0.339 e. The van der Waals surface area contributed by atoms with Crippen LogP contribution in [0, 0.1) is 5.82 Å². The number of amides is 3. The number of rotatable bonds is 8. The second kappa shape index (κ2) is 13.6. The maximum absolute atomic E-state index is 14.3. The molecule has 49 heavy (non-hydrogen) atoms. The molecule has 1 N–H and O–H groups in total. The zero-order chi connectivity index (χ0) is 35.7. The molecule has 256 valence electrons. The average molecular weight is 688 g/mol. The number of aromatic nitrogens is 2. The summed E-state index contributed by atoms with van der Waals surface area (Å²) >= 11 is 0. The molecule has 8 nitrogen and oxygen atoms in total. The van der Waals surface area contributed by atoms with Crippen molar-refractivity contribution in [1.29, 1.82) is 0 Å².